The average Bonchev–Trinajstić information content (AvgIpc) is 2.73. The topological polar surface area (TPSA) is 84.2 Å². The summed E-state index contributed by atoms with van der Waals surface area (Å²) in [7, 11) is 4.55. The van der Waals surface area contributed by atoms with Gasteiger partial charge in [0.15, 0.2) is 11.5 Å². The van der Waals surface area contributed by atoms with E-state index in [1.165, 1.54) is 33.5 Å². The van der Waals surface area contributed by atoms with Crippen LogP contribution >= 0.6 is 0 Å². The Labute approximate surface area is 173 Å². The summed E-state index contributed by atoms with van der Waals surface area (Å²) in [5.41, 5.74) is 1.98. The highest BCUT2D eigenvalue weighted by Crippen LogP contribution is 2.38. The van der Waals surface area contributed by atoms with Crippen molar-refractivity contribution >= 4 is 23.0 Å². The molecule has 0 aliphatic carbocycles. The van der Waals surface area contributed by atoms with Gasteiger partial charge in [-0.25, -0.2) is 9.59 Å². The number of carbonyl (C=O) groups is 1. The maximum atomic E-state index is 12.4. The zero-order valence-electron chi connectivity index (χ0n) is 17.4. The summed E-state index contributed by atoms with van der Waals surface area (Å²) in [4.78, 5) is 24.0. The van der Waals surface area contributed by atoms with Crippen LogP contribution in [-0.4, -0.2) is 27.3 Å². The fraction of sp³-hybridized carbons (Fsp3) is 0.217. The molecule has 0 aliphatic rings. The molecular weight excluding hydrogens is 388 g/mol. The van der Waals surface area contributed by atoms with Gasteiger partial charge in [-0.2, -0.15) is 0 Å². The Bertz CT molecular complexity index is 1160. The van der Waals surface area contributed by atoms with Crippen molar-refractivity contribution in [1.29, 1.82) is 0 Å². The van der Waals surface area contributed by atoms with E-state index >= 15 is 0 Å². The van der Waals surface area contributed by atoms with E-state index in [0.29, 0.717) is 39.7 Å². The van der Waals surface area contributed by atoms with Crippen LogP contribution in [0.15, 0.2) is 45.6 Å². The van der Waals surface area contributed by atoms with Crippen LogP contribution in [0.3, 0.4) is 0 Å². The average molecular weight is 410 g/mol. The number of methoxy groups -OCH3 is 3. The molecule has 0 unspecified atom stereocenters. The predicted molar refractivity (Wildman–Crippen MR) is 113 cm³/mol. The van der Waals surface area contributed by atoms with Crippen molar-refractivity contribution in [2.45, 2.75) is 13.8 Å². The van der Waals surface area contributed by atoms with Gasteiger partial charge in [0.05, 0.1) is 21.3 Å². The number of rotatable bonds is 6. The molecule has 1 heterocycles. The van der Waals surface area contributed by atoms with Gasteiger partial charge >= 0.3 is 11.6 Å². The van der Waals surface area contributed by atoms with Crippen LogP contribution < -0.4 is 24.6 Å². The number of carbonyl (C=O) groups excluding carboxylic acids is 1. The second kappa shape index (κ2) is 8.73. The number of hydrogen-bond donors (Lipinski definition) is 0. The zero-order chi connectivity index (χ0) is 21.8. The largest absolute Gasteiger partial charge is 0.493 e. The Hall–Kier alpha value is -3.74. The maximum Gasteiger partial charge on any atom is 0.336 e. The SMILES string of the molecule is COc1cc(/C=C/C(=O)Oc2ccc3c(C)cc(=O)oc3c2C)cc(OC)c1OC. The summed E-state index contributed by atoms with van der Waals surface area (Å²) in [6.45, 7) is 3.56. The first-order valence-electron chi connectivity index (χ1n) is 9.12. The van der Waals surface area contributed by atoms with Crippen LogP contribution in [0.1, 0.15) is 16.7 Å². The number of hydrogen-bond acceptors (Lipinski definition) is 7. The molecule has 30 heavy (non-hydrogen) atoms. The Kier molecular flexibility index (Phi) is 6.11. The molecule has 156 valence electrons. The summed E-state index contributed by atoms with van der Waals surface area (Å²) >= 11 is 0. The minimum absolute atomic E-state index is 0.316. The van der Waals surface area contributed by atoms with E-state index in [2.05, 4.69) is 0 Å². The normalized spacial score (nSPS) is 11.0. The minimum atomic E-state index is -0.582. The molecule has 0 spiro atoms. The molecule has 3 rings (SSSR count). The van der Waals surface area contributed by atoms with Crippen molar-refractivity contribution < 1.29 is 28.2 Å². The van der Waals surface area contributed by atoms with Gasteiger partial charge < -0.3 is 23.4 Å². The maximum absolute atomic E-state index is 12.4. The van der Waals surface area contributed by atoms with Crippen molar-refractivity contribution in [2.75, 3.05) is 21.3 Å². The van der Waals surface area contributed by atoms with Crippen molar-refractivity contribution in [3.05, 3.63) is 63.5 Å². The van der Waals surface area contributed by atoms with Crippen LogP contribution in [0.2, 0.25) is 0 Å². The highest BCUT2D eigenvalue weighted by Gasteiger charge is 2.14. The molecule has 0 amide bonds. The van der Waals surface area contributed by atoms with Gasteiger partial charge in [0, 0.05) is 23.1 Å². The Morgan fingerprint density at radius 3 is 2.20 bits per heavy atom. The summed E-state index contributed by atoms with van der Waals surface area (Å²) in [5.74, 6) is 1.14. The van der Waals surface area contributed by atoms with Crippen molar-refractivity contribution in [2.24, 2.45) is 0 Å². The quantitative estimate of drug-likeness (QED) is 0.262. The molecule has 7 heteroatoms. The van der Waals surface area contributed by atoms with Crippen LogP contribution in [0.25, 0.3) is 17.0 Å². The van der Waals surface area contributed by atoms with Crippen molar-refractivity contribution in [1.82, 2.24) is 0 Å². The Balaban J connectivity index is 1.86. The fourth-order valence-corrected chi connectivity index (χ4v) is 3.12. The second-order valence-electron chi connectivity index (χ2n) is 6.53. The van der Waals surface area contributed by atoms with E-state index in [0.717, 1.165) is 10.9 Å². The summed E-state index contributed by atoms with van der Waals surface area (Å²) < 4.78 is 26.6. The van der Waals surface area contributed by atoms with E-state index in [9.17, 15) is 9.59 Å². The number of ether oxygens (including phenoxy) is 4. The third kappa shape index (κ3) is 4.15. The molecule has 0 atom stereocenters. The summed E-state index contributed by atoms with van der Waals surface area (Å²) in [6, 6.07) is 8.28. The van der Waals surface area contributed by atoms with Gasteiger partial charge in [-0.15, -0.1) is 0 Å². The highest BCUT2D eigenvalue weighted by atomic mass is 16.5. The van der Waals surface area contributed by atoms with E-state index in [-0.39, 0.29) is 0 Å². The lowest BCUT2D eigenvalue weighted by atomic mass is 10.1. The molecular formula is C23H22O7. The smallest absolute Gasteiger partial charge is 0.336 e. The van der Waals surface area contributed by atoms with Gasteiger partial charge in [-0.05, 0) is 55.3 Å². The molecule has 0 saturated carbocycles. The van der Waals surface area contributed by atoms with E-state index in [1.807, 2.05) is 6.92 Å². The first-order chi connectivity index (χ1) is 14.4. The van der Waals surface area contributed by atoms with Crippen molar-refractivity contribution in [3.63, 3.8) is 0 Å². The number of esters is 1. The second-order valence-corrected chi connectivity index (χ2v) is 6.53. The van der Waals surface area contributed by atoms with Crippen LogP contribution in [0.5, 0.6) is 23.0 Å². The summed E-state index contributed by atoms with van der Waals surface area (Å²) in [5, 5.41) is 0.792. The molecule has 0 aliphatic heterocycles. The van der Waals surface area contributed by atoms with E-state index in [1.54, 1.807) is 37.3 Å². The molecule has 0 saturated heterocycles. The molecule has 7 nitrogen and oxygen atoms in total. The predicted octanol–water partition coefficient (Wildman–Crippen LogP) is 4.05. The molecule has 2 aromatic carbocycles. The number of fused-ring (bicyclic) bond motifs is 1. The number of aryl methyl sites for hydroxylation is 2. The van der Waals surface area contributed by atoms with Gasteiger partial charge in [0.2, 0.25) is 5.75 Å². The van der Waals surface area contributed by atoms with Gasteiger partial charge in [0.1, 0.15) is 11.3 Å². The molecule has 1 aromatic heterocycles. The Morgan fingerprint density at radius 1 is 0.933 bits per heavy atom. The van der Waals surface area contributed by atoms with Crippen molar-refractivity contribution in [3.8, 4) is 23.0 Å². The lowest BCUT2D eigenvalue weighted by Crippen LogP contribution is -2.06. The fourth-order valence-electron chi connectivity index (χ4n) is 3.12. The Morgan fingerprint density at radius 2 is 1.60 bits per heavy atom. The molecule has 0 N–H and O–H groups in total. The summed E-state index contributed by atoms with van der Waals surface area (Å²) in [6.07, 6.45) is 2.87. The molecule has 0 bridgehead atoms. The minimum Gasteiger partial charge on any atom is -0.493 e. The van der Waals surface area contributed by atoms with E-state index < -0.39 is 11.6 Å². The number of benzene rings is 2. The van der Waals surface area contributed by atoms with Gasteiger partial charge in [-0.3, -0.25) is 0 Å². The van der Waals surface area contributed by atoms with Crippen LogP contribution in [0, 0.1) is 13.8 Å². The lowest BCUT2D eigenvalue weighted by molar-refractivity contribution is -0.128. The lowest BCUT2D eigenvalue weighted by Gasteiger charge is -2.12. The standard InChI is InChI=1S/C23H22O7/c1-13-10-21(25)30-22-14(2)17(8-7-16(13)22)29-20(24)9-6-15-11-18(26-3)23(28-5)19(12-15)27-4/h6-12H,1-5H3/b9-6+. The first kappa shape index (κ1) is 21.0. The molecule has 3 aromatic rings. The zero-order valence-corrected chi connectivity index (χ0v) is 17.4. The first-order valence-corrected chi connectivity index (χ1v) is 9.12. The van der Waals surface area contributed by atoms with Gasteiger partial charge in [-0.1, -0.05) is 0 Å². The molecule has 0 radical (unpaired) electrons. The monoisotopic (exact) mass is 410 g/mol. The van der Waals surface area contributed by atoms with Crippen LogP contribution in [-0.2, 0) is 4.79 Å². The molecule has 0 fully saturated rings. The van der Waals surface area contributed by atoms with E-state index in [4.69, 9.17) is 23.4 Å². The highest BCUT2D eigenvalue weighted by molar-refractivity contribution is 5.91. The third-order valence-corrected chi connectivity index (χ3v) is 4.63. The van der Waals surface area contributed by atoms with Crippen LogP contribution in [0.4, 0.5) is 0 Å². The third-order valence-electron chi connectivity index (χ3n) is 4.63. The van der Waals surface area contributed by atoms with Gasteiger partial charge in [0.25, 0.3) is 0 Å².